The second-order valence-corrected chi connectivity index (χ2v) is 16.9. The first-order chi connectivity index (χ1) is 31.8. The van der Waals surface area contributed by atoms with Gasteiger partial charge in [0.15, 0.2) is 5.82 Å². The average molecular weight is 892 g/mol. The summed E-state index contributed by atoms with van der Waals surface area (Å²) in [5.41, 5.74) is 5.09. The van der Waals surface area contributed by atoms with Crippen LogP contribution in [0.5, 0.6) is 5.88 Å². The van der Waals surface area contributed by atoms with Crippen molar-refractivity contribution < 1.29 is 28.6 Å². The number of amidine groups is 1. The standard InChI is InChI=1S/C48H46FN11O6/c1-27-7-6-8-39(41(27)49)60-43(57-18-17-56(47(57)64)33-10-12-37-32(22-33)25-52-58(37)19-20-65-4)35-26-55(16-14-36(35)54-60)44(61)40-23-31-21-30(34-13-15-51-42(66-5)29(34)3)9-11-38(31)59(40)48(24-28(48)2)45(50)53-46(62)63/h6-13,15,17-18,21-23,25,28H,14,16,19-20,24,26H2,1-5H3,(H2,50,53)(H,62,63)/t28-,48-/m0/s1. The fourth-order valence-electron chi connectivity index (χ4n) is 9.62. The smallest absolute Gasteiger partial charge is 0.410 e. The molecule has 5 aromatic heterocycles. The second kappa shape index (κ2) is 16.0. The molecule has 66 heavy (non-hydrogen) atoms. The van der Waals surface area contributed by atoms with Gasteiger partial charge in [0.05, 0.1) is 49.9 Å². The summed E-state index contributed by atoms with van der Waals surface area (Å²) in [6.45, 7) is 6.82. The van der Waals surface area contributed by atoms with Crippen LogP contribution in [0.25, 0.3) is 50.1 Å². The van der Waals surface area contributed by atoms with E-state index in [1.807, 2.05) is 65.6 Å². The lowest BCUT2D eigenvalue weighted by molar-refractivity contribution is 0.0722. The van der Waals surface area contributed by atoms with Crippen molar-refractivity contribution in [2.45, 2.75) is 52.2 Å². The molecule has 10 rings (SSSR count). The van der Waals surface area contributed by atoms with Gasteiger partial charge in [-0.3, -0.25) is 29.3 Å². The quantitative estimate of drug-likeness (QED) is 0.0929. The van der Waals surface area contributed by atoms with E-state index in [4.69, 9.17) is 20.0 Å². The van der Waals surface area contributed by atoms with Gasteiger partial charge in [-0.25, -0.2) is 23.6 Å². The number of ether oxygens (including phenoxy) is 2. The molecule has 0 bridgehead atoms. The molecule has 18 heteroatoms. The van der Waals surface area contributed by atoms with Gasteiger partial charge in [-0.05, 0) is 91.4 Å². The van der Waals surface area contributed by atoms with Crippen molar-refractivity contribution in [3.05, 3.63) is 136 Å². The molecule has 0 radical (unpaired) electrons. The van der Waals surface area contributed by atoms with E-state index in [2.05, 4.69) is 15.4 Å². The van der Waals surface area contributed by atoms with Crippen LogP contribution in [-0.4, -0.2) is 93.5 Å². The number of rotatable bonds is 11. The highest BCUT2D eigenvalue weighted by atomic mass is 19.1. The molecule has 1 saturated carbocycles. The Morgan fingerprint density at radius 3 is 2.56 bits per heavy atom. The predicted molar refractivity (Wildman–Crippen MR) is 244 cm³/mol. The summed E-state index contributed by atoms with van der Waals surface area (Å²) in [7, 11) is 3.19. The fourth-order valence-corrected chi connectivity index (χ4v) is 9.62. The van der Waals surface area contributed by atoms with Crippen molar-refractivity contribution in [1.29, 1.82) is 5.41 Å². The van der Waals surface area contributed by atoms with Gasteiger partial charge < -0.3 is 24.0 Å². The number of pyridine rings is 1. The van der Waals surface area contributed by atoms with E-state index in [9.17, 15) is 14.7 Å². The van der Waals surface area contributed by atoms with Crippen LogP contribution >= 0.6 is 0 Å². The molecular formula is C48H46FN11O6. The van der Waals surface area contributed by atoms with Crippen LogP contribution in [-0.2, 0) is 29.8 Å². The number of carboxylic acid groups (broad SMARTS) is 1. The number of hydrogen-bond acceptors (Lipinski definition) is 9. The first-order valence-electron chi connectivity index (χ1n) is 21.5. The Balaban J connectivity index is 1.09. The molecule has 0 spiro atoms. The summed E-state index contributed by atoms with van der Waals surface area (Å²) in [6, 6.07) is 20.1. The molecule has 0 unspecified atom stereocenters. The van der Waals surface area contributed by atoms with Crippen molar-refractivity contribution in [1.82, 2.24) is 48.5 Å². The Hall–Kier alpha value is -7.86. The number of nitrogens with zero attached hydrogens (tertiary/aromatic N) is 9. The van der Waals surface area contributed by atoms with E-state index in [0.29, 0.717) is 65.3 Å². The number of carbonyl (C=O) groups is 2. The van der Waals surface area contributed by atoms with Crippen molar-refractivity contribution >= 4 is 39.6 Å². The first-order valence-corrected chi connectivity index (χ1v) is 21.5. The summed E-state index contributed by atoms with van der Waals surface area (Å²) in [6.07, 6.45) is 6.01. The third kappa shape index (κ3) is 6.66. The molecule has 6 heterocycles. The highest BCUT2D eigenvalue weighted by molar-refractivity contribution is 6.05. The molecule has 2 atom stereocenters. The van der Waals surface area contributed by atoms with Crippen LogP contribution in [0, 0.1) is 31.0 Å². The minimum atomic E-state index is -1.37. The Morgan fingerprint density at radius 1 is 1.02 bits per heavy atom. The van der Waals surface area contributed by atoms with E-state index >= 15 is 9.18 Å². The number of nitrogens with one attached hydrogen (secondary N) is 2. The lowest BCUT2D eigenvalue weighted by Crippen LogP contribution is -2.44. The molecule has 2 amide bonds. The minimum Gasteiger partial charge on any atom is -0.481 e. The Kier molecular flexibility index (Phi) is 10.2. The number of amides is 2. The number of imidazole rings is 1. The molecule has 17 nitrogen and oxygen atoms in total. The molecule has 0 saturated heterocycles. The van der Waals surface area contributed by atoms with E-state index < -0.39 is 23.1 Å². The van der Waals surface area contributed by atoms with Crippen molar-refractivity contribution in [3.8, 4) is 34.2 Å². The summed E-state index contributed by atoms with van der Waals surface area (Å²) in [5, 5.41) is 32.0. The highest BCUT2D eigenvalue weighted by Gasteiger charge is 2.59. The number of carbonyl (C=O) groups excluding carboxylic acids is 1. The Labute approximate surface area is 376 Å². The largest absolute Gasteiger partial charge is 0.481 e. The van der Waals surface area contributed by atoms with Crippen molar-refractivity contribution in [2.75, 3.05) is 27.4 Å². The van der Waals surface area contributed by atoms with Gasteiger partial charge >= 0.3 is 11.8 Å². The fraction of sp³-hybridized carbons (Fsp3) is 0.271. The normalized spacial score (nSPS) is 16.8. The zero-order valence-corrected chi connectivity index (χ0v) is 36.9. The zero-order chi connectivity index (χ0) is 46.2. The maximum Gasteiger partial charge on any atom is 0.410 e. The molecule has 1 aliphatic carbocycles. The van der Waals surface area contributed by atoms with Crippen LogP contribution in [0.15, 0.2) is 96.3 Å². The number of hydrogen-bond donors (Lipinski definition) is 3. The van der Waals surface area contributed by atoms with Gasteiger partial charge in [0.2, 0.25) is 5.88 Å². The SMILES string of the molecule is COCCn1ncc2cc(-n3ccn(-c4c5c(nn4-c4cccc(C)c4F)CCN(C(=O)c4cc6cc(-c7ccnc(OC)c7C)ccc6n4[C@@]4(C(=N)NC(=O)O)C[C@@H]4C)C5)c3=O)ccc21. The molecule has 1 fully saturated rings. The van der Waals surface area contributed by atoms with Crippen LogP contribution in [0.2, 0.25) is 0 Å². The van der Waals surface area contributed by atoms with E-state index in [1.165, 1.54) is 13.8 Å². The average Bonchev–Trinajstić information content (AvgIpc) is 3.74. The summed E-state index contributed by atoms with van der Waals surface area (Å²) in [5.74, 6) is -0.514. The van der Waals surface area contributed by atoms with E-state index in [-0.39, 0.29) is 47.9 Å². The van der Waals surface area contributed by atoms with Gasteiger partial charge in [0.1, 0.15) is 28.6 Å². The monoisotopic (exact) mass is 891 g/mol. The second-order valence-electron chi connectivity index (χ2n) is 16.9. The maximum atomic E-state index is 16.1. The topological polar surface area (TPSA) is 192 Å². The summed E-state index contributed by atoms with van der Waals surface area (Å²) < 4.78 is 34.9. The Morgan fingerprint density at radius 2 is 1.80 bits per heavy atom. The first kappa shape index (κ1) is 42.1. The van der Waals surface area contributed by atoms with Crippen LogP contribution < -0.4 is 15.7 Å². The lowest BCUT2D eigenvalue weighted by atomic mass is 10.0. The summed E-state index contributed by atoms with van der Waals surface area (Å²) >= 11 is 0. The van der Waals surface area contributed by atoms with Gasteiger partial charge in [0.25, 0.3) is 5.91 Å². The number of aromatic nitrogens is 8. The van der Waals surface area contributed by atoms with E-state index in [1.54, 1.807) is 75.1 Å². The van der Waals surface area contributed by atoms with Gasteiger partial charge in [-0.15, -0.1) is 0 Å². The molecule has 3 aromatic carbocycles. The third-order valence-electron chi connectivity index (χ3n) is 13.1. The van der Waals surface area contributed by atoms with E-state index in [0.717, 1.165) is 27.6 Å². The zero-order valence-electron chi connectivity index (χ0n) is 36.9. The number of aryl methyl sites for hydroxylation is 1. The van der Waals surface area contributed by atoms with Crippen LogP contribution in [0.1, 0.15) is 46.2 Å². The third-order valence-corrected chi connectivity index (χ3v) is 13.1. The number of halogens is 1. The number of benzene rings is 3. The number of methoxy groups -OCH3 is 2. The minimum absolute atomic E-state index is 0.0112. The predicted octanol–water partition coefficient (Wildman–Crippen LogP) is 6.77. The number of fused-ring (bicyclic) bond motifs is 3. The molecule has 3 N–H and O–H groups in total. The maximum absolute atomic E-state index is 16.1. The molecular weight excluding hydrogens is 846 g/mol. The van der Waals surface area contributed by atoms with Gasteiger partial charge in [0, 0.05) is 66.1 Å². The molecule has 2 aliphatic rings. The van der Waals surface area contributed by atoms with Crippen LogP contribution in [0.4, 0.5) is 9.18 Å². The molecule has 336 valence electrons. The lowest BCUT2D eigenvalue weighted by Gasteiger charge is -2.29. The molecule has 8 aromatic rings. The van der Waals surface area contributed by atoms with Crippen molar-refractivity contribution in [3.63, 3.8) is 0 Å². The van der Waals surface area contributed by atoms with Gasteiger partial charge in [-0.2, -0.15) is 10.2 Å². The summed E-state index contributed by atoms with van der Waals surface area (Å²) in [4.78, 5) is 47.8. The van der Waals surface area contributed by atoms with Crippen LogP contribution in [0.3, 0.4) is 0 Å². The van der Waals surface area contributed by atoms with Crippen molar-refractivity contribution in [2.24, 2.45) is 5.92 Å². The Bertz CT molecular complexity index is 3360. The highest BCUT2D eigenvalue weighted by Crippen LogP contribution is 2.53. The molecule has 1 aliphatic heterocycles. The van der Waals surface area contributed by atoms with Gasteiger partial charge in [-0.1, -0.05) is 25.1 Å².